The summed E-state index contributed by atoms with van der Waals surface area (Å²) < 4.78 is 6.37. The molecular formula is C23H36ClNO. The molecule has 0 aromatic heterocycles. The van der Waals surface area contributed by atoms with Gasteiger partial charge in [-0.15, -0.1) is 12.4 Å². The van der Waals surface area contributed by atoms with Gasteiger partial charge in [0.1, 0.15) is 0 Å². The van der Waals surface area contributed by atoms with Crippen LogP contribution in [0.15, 0.2) is 18.2 Å². The van der Waals surface area contributed by atoms with Gasteiger partial charge in [-0.05, 0) is 56.1 Å². The molecule has 1 saturated carbocycles. The Morgan fingerprint density at radius 2 is 1.88 bits per heavy atom. The minimum atomic E-state index is 0. The highest BCUT2D eigenvalue weighted by atomic mass is 35.5. The summed E-state index contributed by atoms with van der Waals surface area (Å²) in [4.78, 5) is 0. The van der Waals surface area contributed by atoms with E-state index in [0.29, 0.717) is 18.1 Å². The number of hydrogen-bond donors (Lipinski definition) is 1. The SMILES string of the molecule is CCCCCc1ccc2c(c1)[C@H]1OCCC[C@H]1[C@H](C1CCCCC1)N2.Cl. The normalized spacial score (nSPS) is 28.4. The lowest BCUT2D eigenvalue weighted by Gasteiger charge is -2.47. The molecular weight excluding hydrogens is 342 g/mol. The Balaban J connectivity index is 0.00000196. The monoisotopic (exact) mass is 377 g/mol. The average molecular weight is 378 g/mol. The Hall–Kier alpha value is -0.730. The number of ether oxygens (including phenoxy) is 1. The number of nitrogens with one attached hydrogen (secondary N) is 1. The molecule has 1 N–H and O–H groups in total. The number of anilines is 1. The zero-order valence-electron chi connectivity index (χ0n) is 16.3. The molecule has 3 aliphatic rings. The summed E-state index contributed by atoms with van der Waals surface area (Å²) >= 11 is 0. The van der Waals surface area contributed by atoms with Crippen molar-refractivity contribution in [2.24, 2.45) is 11.8 Å². The minimum Gasteiger partial charge on any atom is -0.381 e. The molecule has 0 spiro atoms. The van der Waals surface area contributed by atoms with E-state index in [2.05, 4.69) is 30.4 Å². The van der Waals surface area contributed by atoms with Gasteiger partial charge in [0.2, 0.25) is 0 Å². The highest BCUT2D eigenvalue weighted by Gasteiger charge is 2.42. The summed E-state index contributed by atoms with van der Waals surface area (Å²) in [6.07, 6.45) is 15.1. The summed E-state index contributed by atoms with van der Waals surface area (Å²) in [5.74, 6) is 1.52. The summed E-state index contributed by atoms with van der Waals surface area (Å²) in [6, 6.07) is 7.78. The molecule has 2 nitrogen and oxygen atoms in total. The van der Waals surface area contributed by atoms with Gasteiger partial charge in [-0.1, -0.05) is 51.2 Å². The molecule has 4 rings (SSSR count). The third kappa shape index (κ3) is 4.22. The molecule has 2 fully saturated rings. The van der Waals surface area contributed by atoms with Gasteiger partial charge in [0.15, 0.2) is 0 Å². The number of halogens is 1. The molecule has 1 aromatic rings. The molecule has 26 heavy (non-hydrogen) atoms. The van der Waals surface area contributed by atoms with Crippen LogP contribution in [0.1, 0.15) is 88.4 Å². The molecule has 1 aromatic carbocycles. The highest BCUT2D eigenvalue weighted by molar-refractivity contribution is 5.85. The van der Waals surface area contributed by atoms with Gasteiger partial charge in [-0.25, -0.2) is 0 Å². The fourth-order valence-electron chi connectivity index (χ4n) is 5.45. The Kier molecular flexibility index (Phi) is 7.28. The van der Waals surface area contributed by atoms with Gasteiger partial charge in [-0.3, -0.25) is 0 Å². The molecule has 0 unspecified atom stereocenters. The zero-order valence-corrected chi connectivity index (χ0v) is 17.2. The lowest BCUT2D eigenvalue weighted by atomic mass is 9.71. The smallest absolute Gasteiger partial charge is 0.0892 e. The summed E-state index contributed by atoms with van der Waals surface area (Å²) in [5, 5.41) is 3.98. The van der Waals surface area contributed by atoms with E-state index in [1.54, 1.807) is 0 Å². The lowest BCUT2D eigenvalue weighted by molar-refractivity contribution is -0.0458. The fourth-order valence-corrected chi connectivity index (χ4v) is 5.45. The van der Waals surface area contributed by atoms with Gasteiger partial charge in [0, 0.05) is 29.8 Å². The number of benzene rings is 1. The molecule has 3 heteroatoms. The largest absolute Gasteiger partial charge is 0.381 e. The second-order valence-electron chi connectivity index (χ2n) is 8.54. The van der Waals surface area contributed by atoms with Crippen molar-refractivity contribution >= 4 is 18.1 Å². The quantitative estimate of drug-likeness (QED) is 0.577. The van der Waals surface area contributed by atoms with E-state index in [4.69, 9.17) is 4.74 Å². The molecule has 3 atom stereocenters. The standard InChI is InChI=1S/C23H35NO.ClH/c1-2-3-5-9-17-13-14-21-20(16-17)23-19(12-8-15-25-23)22(24-21)18-10-6-4-7-11-18;/h13-14,16,18-19,22-24H,2-12,15H2,1H3;1H/t19-,22-,23-;/m0./s1. The van der Waals surface area contributed by atoms with Gasteiger partial charge in [0.25, 0.3) is 0 Å². The molecule has 1 aliphatic carbocycles. The summed E-state index contributed by atoms with van der Waals surface area (Å²) in [6.45, 7) is 3.22. The first-order valence-corrected chi connectivity index (χ1v) is 10.9. The molecule has 146 valence electrons. The van der Waals surface area contributed by atoms with Crippen molar-refractivity contribution in [3.8, 4) is 0 Å². The fraction of sp³-hybridized carbons (Fsp3) is 0.739. The summed E-state index contributed by atoms with van der Waals surface area (Å²) in [7, 11) is 0. The van der Waals surface area contributed by atoms with Crippen molar-refractivity contribution in [1.29, 1.82) is 0 Å². The summed E-state index contributed by atoms with van der Waals surface area (Å²) in [5.41, 5.74) is 4.31. The molecule has 0 radical (unpaired) electrons. The number of hydrogen-bond acceptors (Lipinski definition) is 2. The molecule has 2 heterocycles. The third-order valence-corrected chi connectivity index (χ3v) is 6.80. The van der Waals surface area contributed by atoms with Crippen LogP contribution in [0.3, 0.4) is 0 Å². The van der Waals surface area contributed by atoms with E-state index in [9.17, 15) is 0 Å². The maximum atomic E-state index is 6.37. The van der Waals surface area contributed by atoms with Crippen LogP contribution in [0.25, 0.3) is 0 Å². The van der Waals surface area contributed by atoms with Crippen LogP contribution in [0.5, 0.6) is 0 Å². The van der Waals surface area contributed by atoms with Crippen LogP contribution in [-0.2, 0) is 11.2 Å². The first kappa shape index (κ1) is 20.0. The van der Waals surface area contributed by atoms with Crippen molar-refractivity contribution in [1.82, 2.24) is 0 Å². The van der Waals surface area contributed by atoms with Gasteiger partial charge < -0.3 is 10.1 Å². The van der Waals surface area contributed by atoms with E-state index in [0.717, 1.165) is 12.5 Å². The van der Waals surface area contributed by atoms with Crippen molar-refractivity contribution in [2.75, 3.05) is 11.9 Å². The van der Waals surface area contributed by atoms with E-state index in [1.165, 1.54) is 87.4 Å². The third-order valence-electron chi connectivity index (χ3n) is 6.80. The predicted molar refractivity (Wildman–Crippen MR) is 112 cm³/mol. The number of fused-ring (bicyclic) bond motifs is 3. The number of aryl methyl sites for hydroxylation is 1. The van der Waals surface area contributed by atoms with Crippen molar-refractivity contribution in [3.05, 3.63) is 29.3 Å². The van der Waals surface area contributed by atoms with Crippen LogP contribution in [0.4, 0.5) is 5.69 Å². The lowest BCUT2D eigenvalue weighted by Crippen LogP contribution is -2.46. The Bertz CT molecular complexity index is 569. The molecule has 0 bridgehead atoms. The number of unbranched alkanes of at least 4 members (excludes halogenated alkanes) is 2. The van der Waals surface area contributed by atoms with E-state index < -0.39 is 0 Å². The second-order valence-corrected chi connectivity index (χ2v) is 8.54. The van der Waals surface area contributed by atoms with Crippen LogP contribution < -0.4 is 5.32 Å². The van der Waals surface area contributed by atoms with Crippen molar-refractivity contribution < 1.29 is 4.74 Å². The minimum absolute atomic E-state index is 0. The Labute approximate surface area is 165 Å². The first-order valence-electron chi connectivity index (χ1n) is 10.9. The second kappa shape index (κ2) is 9.46. The molecule has 2 aliphatic heterocycles. The van der Waals surface area contributed by atoms with Crippen LogP contribution in [0.2, 0.25) is 0 Å². The highest BCUT2D eigenvalue weighted by Crippen LogP contribution is 2.47. The van der Waals surface area contributed by atoms with Gasteiger partial charge >= 0.3 is 0 Å². The predicted octanol–water partition coefficient (Wildman–Crippen LogP) is 6.68. The van der Waals surface area contributed by atoms with Crippen molar-refractivity contribution in [2.45, 2.75) is 89.7 Å². The van der Waals surface area contributed by atoms with E-state index in [1.807, 2.05) is 0 Å². The van der Waals surface area contributed by atoms with Gasteiger partial charge in [-0.2, -0.15) is 0 Å². The first-order chi connectivity index (χ1) is 12.4. The molecule has 0 amide bonds. The average Bonchev–Trinajstić information content (AvgIpc) is 2.68. The van der Waals surface area contributed by atoms with E-state index in [-0.39, 0.29) is 12.4 Å². The Morgan fingerprint density at radius 1 is 1.04 bits per heavy atom. The maximum absolute atomic E-state index is 6.37. The van der Waals surface area contributed by atoms with Crippen LogP contribution in [0, 0.1) is 11.8 Å². The topological polar surface area (TPSA) is 21.3 Å². The zero-order chi connectivity index (χ0) is 17.1. The van der Waals surface area contributed by atoms with Crippen LogP contribution in [-0.4, -0.2) is 12.6 Å². The van der Waals surface area contributed by atoms with Crippen molar-refractivity contribution in [3.63, 3.8) is 0 Å². The maximum Gasteiger partial charge on any atom is 0.0892 e. The van der Waals surface area contributed by atoms with E-state index >= 15 is 0 Å². The molecule has 1 saturated heterocycles. The van der Waals surface area contributed by atoms with Crippen LogP contribution >= 0.6 is 12.4 Å². The van der Waals surface area contributed by atoms with Gasteiger partial charge in [0.05, 0.1) is 6.10 Å². The number of rotatable bonds is 5. The Morgan fingerprint density at radius 3 is 2.69 bits per heavy atom.